The highest BCUT2D eigenvalue weighted by Gasteiger charge is 2.39. The fourth-order valence-electron chi connectivity index (χ4n) is 4.71. The zero-order chi connectivity index (χ0) is 25.3. The Morgan fingerprint density at radius 1 is 0.944 bits per heavy atom. The number of hydrogen-bond donors (Lipinski definition) is 0. The number of imide groups is 1. The van der Waals surface area contributed by atoms with E-state index in [1.807, 2.05) is 30.3 Å². The standard InChI is InChI=1S/C24H25N5O5S2/c30-21-15-27(16-22(31)29(21)14-9-17-5-2-1-3-6-17)24(32)18-10-12-28(13-11-18)36(33,34)20-8-4-7-19-23(20)26-35-25-19/h1-8,18H,9-16H2. The average molecular weight is 528 g/mol. The summed E-state index contributed by atoms with van der Waals surface area (Å²) in [5, 5.41) is 0. The van der Waals surface area contributed by atoms with Crippen molar-refractivity contribution in [3.63, 3.8) is 0 Å². The van der Waals surface area contributed by atoms with Crippen LogP contribution in [0.3, 0.4) is 0 Å². The Labute approximate surface area is 212 Å². The summed E-state index contributed by atoms with van der Waals surface area (Å²) in [6, 6.07) is 14.5. The first-order chi connectivity index (χ1) is 17.3. The summed E-state index contributed by atoms with van der Waals surface area (Å²) in [7, 11) is -3.79. The molecule has 3 heterocycles. The van der Waals surface area contributed by atoms with Gasteiger partial charge in [0.05, 0.1) is 11.7 Å². The smallest absolute Gasteiger partial charge is 0.248 e. The van der Waals surface area contributed by atoms with Crippen molar-refractivity contribution in [1.82, 2.24) is 22.9 Å². The highest BCUT2D eigenvalue weighted by molar-refractivity contribution is 7.89. The molecule has 3 aromatic rings. The minimum atomic E-state index is -3.79. The number of nitrogens with zero attached hydrogens (tertiary/aromatic N) is 5. The van der Waals surface area contributed by atoms with Crippen LogP contribution in [0.1, 0.15) is 18.4 Å². The van der Waals surface area contributed by atoms with Crippen molar-refractivity contribution < 1.29 is 22.8 Å². The lowest BCUT2D eigenvalue weighted by Crippen LogP contribution is -2.57. The largest absolute Gasteiger partial charge is 0.324 e. The molecule has 0 radical (unpaired) electrons. The molecule has 0 N–H and O–H groups in total. The van der Waals surface area contributed by atoms with Crippen LogP contribution in [-0.2, 0) is 30.8 Å². The third-order valence-corrected chi connectivity index (χ3v) is 9.18. The molecule has 2 aliphatic rings. The molecule has 0 bridgehead atoms. The van der Waals surface area contributed by atoms with E-state index >= 15 is 0 Å². The first kappa shape index (κ1) is 24.5. The van der Waals surface area contributed by atoms with Gasteiger partial charge in [0.2, 0.25) is 27.7 Å². The number of aromatic nitrogens is 2. The Hall–Kier alpha value is -3.22. The van der Waals surface area contributed by atoms with E-state index in [1.165, 1.54) is 20.2 Å². The van der Waals surface area contributed by atoms with Gasteiger partial charge in [-0.2, -0.15) is 13.1 Å². The predicted octanol–water partition coefficient (Wildman–Crippen LogP) is 1.53. The van der Waals surface area contributed by atoms with E-state index in [2.05, 4.69) is 8.75 Å². The average Bonchev–Trinajstić information content (AvgIpc) is 3.37. The van der Waals surface area contributed by atoms with E-state index in [0.29, 0.717) is 30.3 Å². The molecule has 3 amide bonds. The third kappa shape index (κ3) is 4.75. The van der Waals surface area contributed by atoms with Gasteiger partial charge in [0, 0.05) is 25.6 Å². The first-order valence-corrected chi connectivity index (χ1v) is 13.9. The molecule has 2 saturated heterocycles. The van der Waals surface area contributed by atoms with Crippen LogP contribution >= 0.6 is 11.7 Å². The number of sulfonamides is 1. The van der Waals surface area contributed by atoms with Crippen LogP contribution in [0.5, 0.6) is 0 Å². The number of piperidine rings is 1. The molecule has 2 fully saturated rings. The van der Waals surface area contributed by atoms with Crippen molar-refractivity contribution in [2.75, 3.05) is 32.7 Å². The van der Waals surface area contributed by atoms with Crippen LogP contribution in [0.2, 0.25) is 0 Å². The minimum Gasteiger partial charge on any atom is -0.324 e. The summed E-state index contributed by atoms with van der Waals surface area (Å²) in [6.45, 7) is 0.339. The summed E-state index contributed by atoms with van der Waals surface area (Å²) in [4.78, 5) is 41.1. The van der Waals surface area contributed by atoms with Gasteiger partial charge in [-0.1, -0.05) is 36.4 Å². The second kappa shape index (κ2) is 10.0. The lowest BCUT2D eigenvalue weighted by molar-refractivity contribution is -0.158. The molecule has 10 nitrogen and oxygen atoms in total. The van der Waals surface area contributed by atoms with Crippen molar-refractivity contribution in [3.8, 4) is 0 Å². The maximum Gasteiger partial charge on any atom is 0.248 e. The van der Waals surface area contributed by atoms with Crippen LogP contribution in [0.25, 0.3) is 11.0 Å². The number of benzene rings is 2. The molecule has 12 heteroatoms. The molecule has 0 spiro atoms. The third-order valence-electron chi connectivity index (χ3n) is 6.70. The van der Waals surface area contributed by atoms with Crippen molar-refractivity contribution >= 4 is 50.5 Å². The summed E-state index contributed by atoms with van der Waals surface area (Å²) >= 11 is 0.961. The summed E-state index contributed by atoms with van der Waals surface area (Å²) in [6.07, 6.45) is 1.20. The lowest BCUT2D eigenvalue weighted by atomic mass is 9.96. The Balaban J connectivity index is 1.18. The lowest BCUT2D eigenvalue weighted by Gasteiger charge is -2.37. The number of carbonyl (C=O) groups is 3. The van der Waals surface area contributed by atoms with E-state index in [4.69, 9.17) is 0 Å². The highest BCUT2D eigenvalue weighted by atomic mass is 32.2. The molecule has 0 unspecified atom stereocenters. The molecule has 0 saturated carbocycles. The maximum atomic E-state index is 13.2. The molecular weight excluding hydrogens is 502 g/mol. The van der Waals surface area contributed by atoms with Gasteiger partial charge in [0.25, 0.3) is 0 Å². The van der Waals surface area contributed by atoms with Gasteiger partial charge in [0.15, 0.2) is 0 Å². The van der Waals surface area contributed by atoms with Crippen LogP contribution < -0.4 is 0 Å². The van der Waals surface area contributed by atoms with Gasteiger partial charge in [0.1, 0.15) is 29.0 Å². The second-order valence-corrected chi connectivity index (χ2v) is 11.4. The number of rotatable bonds is 6. The number of piperazine rings is 1. The quantitative estimate of drug-likeness (QED) is 0.446. The van der Waals surface area contributed by atoms with Gasteiger partial charge in [-0.3, -0.25) is 19.3 Å². The second-order valence-electron chi connectivity index (χ2n) is 8.94. The molecule has 36 heavy (non-hydrogen) atoms. The van der Waals surface area contributed by atoms with Gasteiger partial charge in [-0.25, -0.2) is 8.42 Å². The Bertz CT molecular complexity index is 1380. The monoisotopic (exact) mass is 527 g/mol. The van der Waals surface area contributed by atoms with Crippen LogP contribution in [-0.4, -0.2) is 81.7 Å². The van der Waals surface area contributed by atoms with Gasteiger partial charge >= 0.3 is 0 Å². The van der Waals surface area contributed by atoms with Crippen molar-refractivity contribution in [1.29, 1.82) is 0 Å². The fourth-order valence-corrected chi connectivity index (χ4v) is 6.94. The zero-order valence-electron chi connectivity index (χ0n) is 19.4. The van der Waals surface area contributed by atoms with E-state index in [9.17, 15) is 22.8 Å². The molecule has 2 aliphatic heterocycles. The van der Waals surface area contributed by atoms with E-state index < -0.39 is 15.9 Å². The van der Waals surface area contributed by atoms with Crippen LogP contribution in [0.4, 0.5) is 0 Å². The Kier molecular flexibility index (Phi) is 6.82. The first-order valence-electron chi connectivity index (χ1n) is 11.7. The number of hydrogen-bond acceptors (Lipinski definition) is 8. The molecule has 188 valence electrons. The van der Waals surface area contributed by atoms with E-state index in [-0.39, 0.29) is 55.3 Å². The van der Waals surface area contributed by atoms with Crippen LogP contribution in [0.15, 0.2) is 53.4 Å². The normalized spacial score (nSPS) is 18.2. The SMILES string of the molecule is O=C(C1CCN(S(=O)(=O)c2cccc3nsnc23)CC1)N1CC(=O)N(CCc2ccccc2)C(=O)C1. The molecule has 5 rings (SSSR count). The Morgan fingerprint density at radius 2 is 1.64 bits per heavy atom. The molecular formula is C24H25N5O5S2. The number of fused-ring (bicyclic) bond motifs is 1. The summed E-state index contributed by atoms with van der Waals surface area (Å²) < 4.78 is 36.1. The fraction of sp³-hybridized carbons (Fsp3) is 0.375. The topological polar surface area (TPSA) is 121 Å². The molecule has 2 aromatic carbocycles. The Morgan fingerprint density at radius 3 is 2.33 bits per heavy atom. The van der Waals surface area contributed by atoms with E-state index in [0.717, 1.165) is 17.3 Å². The van der Waals surface area contributed by atoms with E-state index in [1.54, 1.807) is 12.1 Å². The zero-order valence-corrected chi connectivity index (χ0v) is 21.1. The number of amides is 3. The van der Waals surface area contributed by atoms with Gasteiger partial charge in [-0.15, -0.1) is 0 Å². The summed E-state index contributed by atoms with van der Waals surface area (Å²) in [5.41, 5.74) is 1.91. The predicted molar refractivity (Wildman–Crippen MR) is 132 cm³/mol. The number of carbonyl (C=O) groups excluding carboxylic acids is 3. The van der Waals surface area contributed by atoms with Gasteiger partial charge < -0.3 is 4.90 Å². The summed E-state index contributed by atoms with van der Waals surface area (Å²) in [5.74, 6) is -1.49. The maximum absolute atomic E-state index is 13.2. The van der Waals surface area contributed by atoms with Gasteiger partial charge in [-0.05, 0) is 37.0 Å². The minimum absolute atomic E-state index is 0.112. The molecule has 1 aromatic heterocycles. The molecule has 0 atom stereocenters. The van der Waals surface area contributed by atoms with Crippen LogP contribution in [0, 0.1) is 5.92 Å². The highest BCUT2D eigenvalue weighted by Crippen LogP contribution is 2.29. The molecule has 0 aliphatic carbocycles. The van der Waals surface area contributed by atoms with Crippen molar-refractivity contribution in [3.05, 3.63) is 54.1 Å². The van der Waals surface area contributed by atoms with Crippen molar-refractivity contribution in [2.45, 2.75) is 24.2 Å². The van der Waals surface area contributed by atoms with Crippen molar-refractivity contribution in [2.24, 2.45) is 5.92 Å².